The lowest BCUT2D eigenvalue weighted by Crippen LogP contribution is -2.48. The van der Waals surface area contributed by atoms with E-state index in [1.807, 2.05) is 43.3 Å². The second-order valence-corrected chi connectivity index (χ2v) is 8.61. The van der Waals surface area contributed by atoms with Crippen molar-refractivity contribution in [2.24, 2.45) is 0 Å². The summed E-state index contributed by atoms with van der Waals surface area (Å²) in [6.07, 6.45) is 0.270. The lowest BCUT2D eigenvalue weighted by molar-refractivity contribution is -0.122. The van der Waals surface area contributed by atoms with Gasteiger partial charge in [-0.3, -0.25) is 9.59 Å². The Hall–Kier alpha value is -3.22. The highest BCUT2D eigenvalue weighted by Gasteiger charge is 2.22. The Morgan fingerprint density at radius 1 is 0.941 bits per heavy atom. The van der Waals surface area contributed by atoms with Gasteiger partial charge in [-0.1, -0.05) is 47.0 Å². The smallest absolute Gasteiger partial charge is 0.251 e. The summed E-state index contributed by atoms with van der Waals surface area (Å²) in [4.78, 5) is 25.8. The summed E-state index contributed by atoms with van der Waals surface area (Å²) in [5.74, 6) is 0.164. The molecular weight excluding hydrogens is 473 g/mol. The fourth-order valence-electron chi connectivity index (χ4n) is 3.36. The molecule has 3 aromatic rings. The van der Waals surface area contributed by atoms with Crippen molar-refractivity contribution in [2.45, 2.75) is 19.4 Å². The average molecular weight is 500 g/mol. The summed E-state index contributed by atoms with van der Waals surface area (Å²) in [7, 11) is 1.62. The molecule has 0 bridgehead atoms. The van der Waals surface area contributed by atoms with Crippen molar-refractivity contribution in [1.82, 2.24) is 10.6 Å². The van der Waals surface area contributed by atoms with Crippen molar-refractivity contribution in [3.8, 4) is 5.75 Å². The number of methoxy groups -OCH3 is 1. The Bertz CT molecular complexity index is 1140. The first kappa shape index (κ1) is 25.4. The van der Waals surface area contributed by atoms with Crippen LogP contribution in [0.4, 0.5) is 5.69 Å². The summed E-state index contributed by atoms with van der Waals surface area (Å²) in [6.45, 7) is 2.80. The van der Waals surface area contributed by atoms with Gasteiger partial charge in [-0.05, 0) is 61.0 Å². The number of rotatable bonds is 10. The van der Waals surface area contributed by atoms with E-state index >= 15 is 0 Å². The number of hydrogen-bond acceptors (Lipinski definition) is 4. The quantitative estimate of drug-likeness (QED) is 0.347. The molecule has 0 heterocycles. The molecule has 8 heteroatoms. The number of hydrogen-bond donors (Lipinski definition) is 3. The second-order valence-electron chi connectivity index (χ2n) is 7.79. The predicted octanol–water partition coefficient (Wildman–Crippen LogP) is 4.88. The highest BCUT2D eigenvalue weighted by atomic mass is 35.5. The van der Waals surface area contributed by atoms with Gasteiger partial charge < -0.3 is 20.7 Å². The maximum Gasteiger partial charge on any atom is 0.251 e. The second kappa shape index (κ2) is 12.3. The summed E-state index contributed by atoms with van der Waals surface area (Å²) in [5.41, 5.74) is 3.15. The lowest BCUT2D eigenvalue weighted by Gasteiger charge is -2.19. The van der Waals surface area contributed by atoms with Gasteiger partial charge in [0.05, 0.1) is 17.2 Å². The molecular formula is C26H27Cl2N3O3. The Morgan fingerprint density at radius 2 is 1.71 bits per heavy atom. The monoisotopic (exact) mass is 499 g/mol. The zero-order chi connectivity index (χ0) is 24.5. The van der Waals surface area contributed by atoms with E-state index < -0.39 is 6.04 Å². The van der Waals surface area contributed by atoms with Gasteiger partial charge >= 0.3 is 0 Å². The van der Waals surface area contributed by atoms with Gasteiger partial charge in [0, 0.05) is 30.8 Å². The number of amides is 2. The molecule has 3 N–H and O–H groups in total. The molecule has 0 saturated carbocycles. The molecule has 34 heavy (non-hydrogen) atoms. The molecule has 0 aromatic heterocycles. The van der Waals surface area contributed by atoms with Crippen molar-refractivity contribution in [2.75, 3.05) is 25.5 Å². The fourth-order valence-corrected chi connectivity index (χ4v) is 3.68. The first-order valence-corrected chi connectivity index (χ1v) is 11.6. The Morgan fingerprint density at radius 3 is 2.38 bits per heavy atom. The van der Waals surface area contributed by atoms with E-state index in [9.17, 15) is 9.59 Å². The minimum atomic E-state index is -0.786. The van der Waals surface area contributed by atoms with Crippen LogP contribution in [0, 0.1) is 6.92 Å². The van der Waals surface area contributed by atoms with E-state index in [4.69, 9.17) is 27.9 Å². The molecule has 178 valence electrons. The van der Waals surface area contributed by atoms with E-state index in [0.29, 0.717) is 28.7 Å². The van der Waals surface area contributed by atoms with E-state index in [1.54, 1.807) is 37.4 Å². The molecule has 1 unspecified atom stereocenters. The van der Waals surface area contributed by atoms with Gasteiger partial charge in [-0.15, -0.1) is 0 Å². The van der Waals surface area contributed by atoms with Gasteiger partial charge in [-0.2, -0.15) is 0 Å². The number of ether oxygens (including phenoxy) is 1. The molecule has 3 rings (SSSR count). The summed E-state index contributed by atoms with van der Waals surface area (Å²) < 4.78 is 5.15. The molecule has 6 nitrogen and oxygen atoms in total. The van der Waals surface area contributed by atoms with Crippen LogP contribution < -0.4 is 20.7 Å². The SMILES string of the molecule is COc1ccc(NCCNC(=O)C(Cc2ccc(Cl)c(Cl)c2)NC(=O)c2cccc(C)c2)cc1. The van der Waals surface area contributed by atoms with Gasteiger partial charge in [0.2, 0.25) is 5.91 Å². The van der Waals surface area contributed by atoms with Crippen molar-refractivity contribution in [3.63, 3.8) is 0 Å². The minimum Gasteiger partial charge on any atom is -0.497 e. The standard InChI is InChI=1S/C26H27Cl2N3O3/c1-17-4-3-5-19(14-17)25(32)31-24(16-18-6-11-22(27)23(28)15-18)26(33)30-13-12-29-20-7-9-21(34-2)10-8-20/h3-11,14-15,24,29H,12-13,16H2,1-2H3,(H,30,33)(H,31,32). The number of halogens is 2. The first-order valence-electron chi connectivity index (χ1n) is 10.8. The molecule has 1 atom stereocenters. The number of carbonyl (C=O) groups is 2. The van der Waals surface area contributed by atoms with Crippen LogP contribution in [-0.4, -0.2) is 38.1 Å². The van der Waals surface area contributed by atoms with E-state index in [2.05, 4.69) is 16.0 Å². The average Bonchev–Trinajstić information content (AvgIpc) is 2.84. The predicted molar refractivity (Wildman–Crippen MR) is 137 cm³/mol. The van der Waals surface area contributed by atoms with Crippen molar-refractivity contribution >= 4 is 40.7 Å². The first-order chi connectivity index (χ1) is 16.4. The highest BCUT2D eigenvalue weighted by molar-refractivity contribution is 6.42. The maximum atomic E-state index is 13.0. The third kappa shape index (κ3) is 7.40. The van der Waals surface area contributed by atoms with Crippen LogP contribution in [-0.2, 0) is 11.2 Å². The zero-order valence-electron chi connectivity index (χ0n) is 19.0. The molecule has 0 radical (unpaired) electrons. The Kier molecular flexibility index (Phi) is 9.19. The third-order valence-electron chi connectivity index (χ3n) is 5.17. The molecule has 3 aromatic carbocycles. The van der Waals surface area contributed by atoms with Crippen LogP contribution in [0.25, 0.3) is 0 Å². The Balaban J connectivity index is 1.63. The molecule has 2 amide bonds. The topological polar surface area (TPSA) is 79.5 Å². The van der Waals surface area contributed by atoms with Crippen LogP contribution in [0.15, 0.2) is 66.7 Å². The van der Waals surface area contributed by atoms with Crippen LogP contribution in [0.1, 0.15) is 21.5 Å². The Labute approximate surface area is 209 Å². The molecule has 0 spiro atoms. The molecule has 0 aliphatic carbocycles. The van der Waals surface area contributed by atoms with Crippen LogP contribution >= 0.6 is 23.2 Å². The fraction of sp³-hybridized carbons (Fsp3) is 0.231. The summed E-state index contributed by atoms with van der Waals surface area (Å²) in [5, 5.41) is 9.81. The van der Waals surface area contributed by atoms with Crippen LogP contribution in [0.5, 0.6) is 5.75 Å². The van der Waals surface area contributed by atoms with E-state index in [-0.39, 0.29) is 18.2 Å². The van der Waals surface area contributed by atoms with Crippen molar-refractivity contribution in [3.05, 3.63) is 93.5 Å². The summed E-state index contributed by atoms with van der Waals surface area (Å²) >= 11 is 12.2. The number of benzene rings is 3. The third-order valence-corrected chi connectivity index (χ3v) is 5.91. The summed E-state index contributed by atoms with van der Waals surface area (Å²) in [6, 6.07) is 19.1. The van der Waals surface area contributed by atoms with Crippen molar-refractivity contribution < 1.29 is 14.3 Å². The minimum absolute atomic E-state index is 0.270. The largest absolute Gasteiger partial charge is 0.497 e. The van der Waals surface area contributed by atoms with Crippen LogP contribution in [0.2, 0.25) is 10.0 Å². The molecule has 0 aliphatic heterocycles. The van der Waals surface area contributed by atoms with E-state index in [0.717, 1.165) is 22.6 Å². The zero-order valence-corrected chi connectivity index (χ0v) is 20.5. The molecule has 0 aliphatic rings. The van der Waals surface area contributed by atoms with Gasteiger partial charge in [-0.25, -0.2) is 0 Å². The number of nitrogens with one attached hydrogen (secondary N) is 3. The van der Waals surface area contributed by atoms with Gasteiger partial charge in [0.15, 0.2) is 0 Å². The normalized spacial score (nSPS) is 11.4. The number of aryl methyl sites for hydroxylation is 1. The number of carbonyl (C=O) groups excluding carboxylic acids is 2. The highest BCUT2D eigenvalue weighted by Crippen LogP contribution is 2.23. The van der Waals surface area contributed by atoms with E-state index in [1.165, 1.54) is 0 Å². The van der Waals surface area contributed by atoms with Crippen molar-refractivity contribution in [1.29, 1.82) is 0 Å². The van der Waals surface area contributed by atoms with Gasteiger partial charge in [0.25, 0.3) is 5.91 Å². The van der Waals surface area contributed by atoms with Gasteiger partial charge in [0.1, 0.15) is 11.8 Å². The van der Waals surface area contributed by atoms with Crippen LogP contribution in [0.3, 0.4) is 0 Å². The molecule has 0 saturated heterocycles. The molecule has 0 fully saturated rings. The number of anilines is 1. The maximum absolute atomic E-state index is 13.0. The lowest BCUT2D eigenvalue weighted by atomic mass is 10.0.